The van der Waals surface area contributed by atoms with Crippen molar-refractivity contribution in [2.75, 3.05) is 0 Å². The Hall–Kier alpha value is -1.82. The Morgan fingerprint density at radius 2 is 2.00 bits per heavy atom. The van der Waals surface area contributed by atoms with Gasteiger partial charge in [-0.15, -0.1) is 11.3 Å². The van der Waals surface area contributed by atoms with Crippen molar-refractivity contribution in [1.82, 2.24) is 4.98 Å². The molecular weight excluding hydrogens is 272 g/mol. The number of aromatic nitrogens is 1. The molecule has 0 radical (unpaired) electrons. The molecule has 19 heavy (non-hydrogen) atoms. The summed E-state index contributed by atoms with van der Waals surface area (Å²) in [5.41, 5.74) is -0.387. The van der Waals surface area contributed by atoms with E-state index in [1.165, 1.54) is 6.07 Å². The molecule has 0 bridgehead atoms. The van der Waals surface area contributed by atoms with Crippen molar-refractivity contribution in [3.63, 3.8) is 0 Å². The second-order valence-electron chi connectivity index (χ2n) is 3.94. The van der Waals surface area contributed by atoms with E-state index >= 15 is 0 Å². The van der Waals surface area contributed by atoms with Crippen molar-refractivity contribution in [3.05, 3.63) is 40.4 Å². The predicted molar refractivity (Wildman–Crippen MR) is 68.4 cm³/mol. The number of thiazole rings is 1. The highest BCUT2D eigenvalue weighted by Gasteiger charge is 2.21. The molecule has 100 valence electrons. The van der Waals surface area contributed by atoms with Gasteiger partial charge < -0.3 is 5.11 Å². The van der Waals surface area contributed by atoms with E-state index < -0.39 is 17.6 Å². The highest BCUT2D eigenvalue weighted by atomic mass is 32.1. The minimum atomic E-state index is -1.18. The Labute approximate surface area is 112 Å². The van der Waals surface area contributed by atoms with Crippen LogP contribution in [0.3, 0.4) is 0 Å². The smallest absolute Gasteiger partial charge is 0.355 e. The van der Waals surface area contributed by atoms with E-state index in [9.17, 15) is 13.6 Å². The number of benzene rings is 1. The van der Waals surface area contributed by atoms with Crippen LogP contribution < -0.4 is 0 Å². The van der Waals surface area contributed by atoms with Crippen LogP contribution in [0.4, 0.5) is 8.78 Å². The summed E-state index contributed by atoms with van der Waals surface area (Å²) in [6.07, 6.45) is 1.26. The second-order valence-corrected chi connectivity index (χ2v) is 5.03. The standard InChI is InChI=1S/C13H11F2NO2S/c1-2-4-9-11(13(17)18)16-12(19-9)10-7(14)5-3-6-8(10)15/h3,5-6H,2,4H2,1H3,(H,17,18). The minimum Gasteiger partial charge on any atom is -0.476 e. The molecule has 2 rings (SSSR count). The van der Waals surface area contributed by atoms with Crippen LogP contribution in [0.5, 0.6) is 0 Å². The highest BCUT2D eigenvalue weighted by molar-refractivity contribution is 7.15. The Bertz CT molecular complexity index is 605. The molecule has 0 aliphatic rings. The quantitative estimate of drug-likeness (QED) is 0.930. The molecule has 6 heteroatoms. The molecule has 1 aromatic carbocycles. The van der Waals surface area contributed by atoms with Gasteiger partial charge in [0.25, 0.3) is 0 Å². The first kappa shape index (κ1) is 13.6. The molecule has 3 nitrogen and oxygen atoms in total. The first-order valence-corrected chi connectivity index (χ1v) is 6.53. The number of carbonyl (C=O) groups is 1. The van der Waals surface area contributed by atoms with Crippen LogP contribution in [0.15, 0.2) is 18.2 Å². The highest BCUT2D eigenvalue weighted by Crippen LogP contribution is 2.32. The molecule has 0 aliphatic heterocycles. The maximum absolute atomic E-state index is 13.6. The van der Waals surface area contributed by atoms with Gasteiger partial charge in [-0.25, -0.2) is 18.6 Å². The van der Waals surface area contributed by atoms with Gasteiger partial charge in [-0.1, -0.05) is 19.4 Å². The summed E-state index contributed by atoms with van der Waals surface area (Å²) in [7, 11) is 0. The summed E-state index contributed by atoms with van der Waals surface area (Å²) in [4.78, 5) is 15.5. The Morgan fingerprint density at radius 1 is 1.37 bits per heavy atom. The van der Waals surface area contributed by atoms with Gasteiger partial charge in [0.1, 0.15) is 16.6 Å². The summed E-state index contributed by atoms with van der Waals surface area (Å²) in [6.45, 7) is 1.90. The van der Waals surface area contributed by atoms with Gasteiger partial charge in [-0.3, -0.25) is 0 Å². The van der Waals surface area contributed by atoms with Crippen molar-refractivity contribution < 1.29 is 18.7 Å². The van der Waals surface area contributed by atoms with E-state index in [2.05, 4.69) is 4.98 Å². The average molecular weight is 283 g/mol. The lowest BCUT2D eigenvalue weighted by atomic mass is 10.2. The zero-order chi connectivity index (χ0) is 14.0. The number of halogens is 2. The van der Waals surface area contributed by atoms with Crippen LogP contribution in [0.1, 0.15) is 28.7 Å². The van der Waals surface area contributed by atoms with Gasteiger partial charge in [0, 0.05) is 4.88 Å². The lowest BCUT2D eigenvalue weighted by molar-refractivity contribution is 0.0690. The summed E-state index contributed by atoms with van der Waals surface area (Å²) in [6, 6.07) is 3.51. The molecular formula is C13H11F2NO2S. The predicted octanol–water partition coefficient (Wildman–Crippen LogP) is 3.74. The van der Waals surface area contributed by atoms with Crippen molar-refractivity contribution in [2.45, 2.75) is 19.8 Å². The molecule has 0 saturated heterocycles. The fourth-order valence-corrected chi connectivity index (χ4v) is 2.93. The van der Waals surface area contributed by atoms with Crippen molar-refractivity contribution in [2.24, 2.45) is 0 Å². The van der Waals surface area contributed by atoms with Crippen LogP contribution in [0.25, 0.3) is 10.6 Å². The van der Waals surface area contributed by atoms with Crippen LogP contribution in [0.2, 0.25) is 0 Å². The summed E-state index contributed by atoms with van der Waals surface area (Å²) >= 11 is 1.02. The molecule has 0 atom stereocenters. The van der Waals surface area contributed by atoms with Crippen molar-refractivity contribution in [3.8, 4) is 10.6 Å². The average Bonchev–Trinajstić information content (AvgIpc) is 2.73. The number of carboxylic acids is 1. The fraction of sp³-hybridized carbons (Fsp3) is 0.231. The third-order valence-corrected chi connectivity index (χ3v) is 3.69. The zero-order valence-corrected chi connectivity index (χ0v) is 10.9. The lowest BCUT2D eigenvalue weighted by Crippen LogP contribution is -2.00. The van der Waals surface area contributed by atoms with E-state index in [0.29, 0.717) is 11.3 Å². The van der Waals surface area contributed by atoms with E-state index in [1.54, 1.807) is 0 Å². The topological polar surface area (TPSA) is 50.2 Å². The van der Waals surface area contributed by atoms with E-state index in [0.717, 1.165) is 29.9 Å². The maximum Gasteiger partial charge on any atom is 0.355 e. The van der Waals surface area contributed by atoms with Gasteiger partial charge >= 0.3 is 5.97 Å². The minimum absolute atomic E-state index is 0.0662. The van der Waals surface area contributed by atoms with Gasteiger partial charge in [0.15, 0.2) is 5.69 Å². The SMILES string of the molecule is CCCc1sc(-c2c(F)cccc2F)nc1C(=O)O. The summed E-state index contributed by atoms with van der Waals surface area (Å²) in [5.74, 6) is -2.66. The van der Waals surface area contributed by atoms with Crippen LogP contribution in [-0.4, -0.2) is 16.1 Å². The fourth-order valence-electron chi connectivity index (χ4n) is 1.72. The molecule has 0 spiro atoms. The summed E-state index contributed by atoms with van der Waals surface area (Å²) < 4.78 is 27.3. The number of rotatable bonds is 4. The zero-order valence-electron chi connectivity index (χ0n) is 10.1. The van der Waals surface area contributed by atoms with Gasteiger partial charge in [-0.05, 0) is 18.6 Å². The van der Waals surface area contributed by atoms with Crippen LogP contribution in [0, 0.1) is 11.6 Å². The molecule has 0 unspecified atom stereocenters. The molecule has 1 N–H and O–H groups in total. The Morgan fingerprint density at radius 3 is 2.53 bits per heavy atom. The molecule has 0 saturated carbocycles. The third kappa shape index (κ3) is 2.63. The van der Waals surface area contributed by atoms with Crippen molar-refractivity contribution in [1.29, 1.82) is 0 Å². The Kier molecular flexibility index (Phi) is 3.90. The number of aryl methyl sites for hydroxylation is 1. The first-order chi connectivity index (χ1) is 9.04. The molecule has 1 heterocycles. The van der Waals surface area contributed by atoms with E-state index in [1.807, 2.05) is 6.92 Å². The first-order valence-electron chi connectivity index (χ1n) is 5.72. The number of aromatic carboxylic acids is 1. The van der Waals surface area contributed by atoms with Gasteiger partial charge in [0.2, 0.25) is 0 Å². The monoisotopic (exact) mass is 283 g/mol. The van der Waals surface area contributed by atoms with Crippen LogP contribution in [-0.2, 0) is 6.42 Å². The maximum atomic E-state index is 13.6. The third-order valence-electron chi connectivity index (χ3n) is 2.55. The number of hydrogen-bond donors (Lipinski definition) is 1. The molecule has 0 fully saturated rings. The lowest BCUT2D eigenvalue weighted by Gasteiger charge is -1.99. The van der Waals surface area contributed by atoms with Gasteiger partial charge in [0.05, 0.1) is 5.56 Å². The second kappa shape index (κ2) is 5.44. The molecule has 0 amide bonds. The summed E-state index contributed by atoms with van der Waals surface area (Å²) in [5, 5.41) is 9.11. The molecule has 0 aliphatic carbocycles. The number of carboxylic acid groups (broad SMARTS) is 1. The Balaban J connectivity index is 2.57. The largest absolute Gasteiger partial charge is 0.476 e. The van der Waals surface area contributed by atoms with Crippen molar-refractivity contribution >= 4 is 17.3 Å². The molecule has 2 aromatic rings. The van der Waals surface area contributed by atoms with E-state index in [-0.39, 0.29) is 16.3 Å². The van der Waals surface area contributed by atoms with E-state index in [4.69, 9.17) is 5.11 Å². The number of nitrogens with zero attached hydrogens (tertiary/aromatic N) is 1. The molecule has 1 aromatic heterocycles. The number of hydrogen-bond acceptors (Lipinski definition) is 3. The van der Waals surface area contributed by atoms with Crippen LogP contribution >= 0.6 is 11.3 Å². The van der Waals surface area contributed by atoms with Gasteiger partial charge in [-0.2, -0.15) is 0 Å². The normalized spacial score (nSPS) is 10.7.